The van der Waals surface area contributed by atoms with Gasteiger partial charge in [0.1, 0.15) is 6.61 Å². The Balaban J connectivity index is 1.60. The van der Waals surface area contributed by atoms with Crippen molar-refractivity contribution >= 4 is 34.2 Å². The molecule has 1 heterocycles. The second-order valence-electron chi connectivity index (χ2n) is 10.9. The minimum absolute atomic E-state index is 0.140. The van der Waals surface area contributed by atoms with E-state index in [1.165, 1.54) is 11.1 Å². The summed E-state index contributed by atoms with van der Waals surface area (Å²) in [6.07, 6.45) is 4.35. The van der Waals surface area contributed by atoms with E-state index in [0.717, 1.165) is 62.9 Å². The van der Waals surface area contributed by atoms with E-state index in [1.54, 1.807) is 7.11 Å². The molecule has 6 nitrogen and oxygen atoms in total. The summed E-state index contributed by atoms with van der Waals surface area (Å²) in [4.78, 5) is 29.4. The van der Waals surface area contributed by atoms with Crippen molar-refractivity contribution < 1.29 is 23.8 Å². The summed E-state index contributed by atoms with van der Waals surface area (Å²) in [5.74, 6) is 1.23. The van der Waals surface area contributed by atoms with Gasteiger partial charge in [0.15, 0.2) is 23.1 Å². The molecule has 212 valence electrons. The maximum Gasteiger partial charge on any atom is 0.174 e. The van der Waals surface area contributed by atoms with Gasteiger partial charge in [0, 0.05) is 55.0 Å². The molecule has 2 aromatic rings. The molecule has 0 saturated carbocycles. The number of rotatable bonds is 9. The lowest BCUT2D eigenvalue weighted by molar-refractivity contribution is -0.117. The molecule has 0 fully saturated rings. The largest absolute Gasteiger partial charge is 0.490 e. The predicted octanol–water partition coefficient (Wildman–Crippen LogP) is 6.95. The Hall–Kier alpha value is -2.65. The van der Waals surface area contributed by atoms with Crippen LogP contribution < -0.4 is 9.47 Å². The highest BCUT2D eigenvalue weighted by molar-refractivity contribution is 14.1. The van der Waals surface area contributed by atoms with Crippen molar-refractivity contribution in [3.8, 4) is 11.5 Å². The Morgan fingerprint density at radius 3 is 2.08 bits per heavy atom. The SMILES string of the molecule is CCOc1cc(C2C3=C(CCCC3=O)N(CCOC)C3=C2C(=O)CCC3)cc(I)c1OCc1cc(C)cc(C)c1. The average Bonchev–Trinajstić information content (AvgIpc) is 2.91. The fraction of sp³-hybridized carbons (Fsp3) is 0.455. The monoisotopic (exact) mass is 655 g/mol. The summed E-state index contributed by atoms with van der Waals surface area (Å²) in [7, 11) is 1.69. The fourth-order valence-corrected chi connectivity index (χ4v) is 7.25. The number of aryl methyl sites for hydroxylation is 2. The van der Waals surface area contributed by atoms with E-state index in [9.17, 15) is 9.59 Å². The Kier molecular flexibility index (Phi) is 9.00. The van der Waals surface area contributed by atoms with E-state index in [-0.39, 0.29) is 17.5 Å². The summed E-state index contributed by atoms with van der Waals surface area (Å²) >= 11 is 2.30. The number of ketones is 2. The first-order chi connectivity index (χ1) is 19.3. The van der Waals surface area contributed by atoms with Crippen LogP contribution in [0.3, 0.4) is 0 Å². The number of methoxy groups -OCH3 is 1. The minimum atomic E-state index is -0.384. The van der Waals surface area contributed by atoms with Crippen LogP contribution in [0.1, 0.15) is 73.6 Å². The van der Waals surface area contributed by atoms with E-state index in [1.807, 2.05) is 13.0 Å². The molecule has 0 aromatic heterocycles. The van der Waals surface area contributed by atoms with Crippen LogP contribution in [0.15, 0.2) is 52.9 Å². The second-order valence-corrected chi connectivity index (χ2v) is 12.1. The average molecular weight is 656 g/mol. The number of benzene rings is 2. The first kappa shape index (κ1) is 28.9. The van der Waals surface area contributed by atoms with Crippen molar-refractivity contribution in [1.29, 1.82) is 0 Å². The molecule has 5 rings (SSSR count). The van der Waals surface area contributed by atoms with Crippen LogP contribution in [0.5, 0.6) is 11.5 Å². The Morgan fingerprint density at radius 1 is 0.875 bits per heavy atom. The highest BCUT2D eigenvalue weighted by atomic mass is 127. The maximum absolute atomic E-state index is 13.6. The van der Waals surface area contributed by atoms with Gasteiger partial charge in [-0.15, -0.1) is 0 Å². The van der Waals surface area contributed by atoms with E-state index >= 15 is 0 Å². The van der Waals surface area contributed by atoms with Gasteiger partial charge in [-0.1, -0.05) is 29.3 Å². The molecular weight excluding hydrogens is 617 g/mol. The van der Waals surface area contributed by atoms with Crippen LogP contribution in [-0.2, 0) is 20.9 Å². The summed E-state index contributed by atoms with van der Waals surface area (Å²) in [5, 5.41) is 0. The van der Waals surface area contributed by atoms with Gasteiger partial charge < -0.3 is 19.1 Å². The van der Waals surface area contributed by atoms with Crippen molar-refractivity contribution in [2.75, 3.05) is 26.9 Å². The van der Waals surface area contributed by atoms with Crippen LogP contribution >= 0.6 is 22.6 Å². The lowest BCUT2D eigenvalue weighted by atomic mass is 9.71. The van der Waals surface area contributed by atoms with Gasteiger partial charge in [-0.05, 0) is 92.3 Å². The van der Waals surface area contributed by atoms with Gasteiger partial charge in [0.05, 0.1) is 16.8 Å². The van der Waals surface area contributed by atoms with Crippen LogP contribution in [0.4, 0.5) is 0 Å². The summed E-state index contributed by atoms with van der Waals surface area (Å²) < 4.78 is 18.8. The second kappa shape index (κ2) is 12.5. The molecule has 2 aliphatic carbocycles. The molecule has 0 unspecified atom stereocenters. The highest BCUT2D eigenvalue weighted by Crippen LogP contribution is 2.50. The predicted molar refractivity (Wildman–Crippen MR) is 164 cm³/mol. The van der Waals surface area contributed by atoms with E-state index in [2.05, 4.69) is 65.6 Å². The van der Waals surface area contributed by atoms with Gasteiger partial charge in [-0.2, -0.15) is 0 Å². The summed E-state index contributed by atoms with van der Waals surface area (Å²) in [6.45, 7) is 8.23. The Bertz CT molecular complexity index is 1330. The van der Waals surface area contributed by atoms with Gasteiger partial charge in [-0.3, -0.25) is 9.59 Å². The zero-order chi connectivity index (χ0) is 28.4. The molecule has 3 aliphatic rings. The third-order valence-corrected chi connectivity index (χ3v) is 8.74. The zero-order valence-corrected chi connectivity index (χ0v) is 26.1. The topological polar surface area (TPSA) is 65.1 Å². The van der Waals surface area contributed by atoms with E-state index < -0.39 is 0 Å². The molecule has 40 heavy (non-hydrogen) atoms. The van der Waals surface area contributed by atoms with E-state index in [0.29, 0.717) is 50.7 Å². The summed E-state index contributed by atoms with van der Waals surface area (Å²) in [5.41, 5.74) is 8.11. The molecule has 0 bridgehead atoms. The lowest BCUT2D eigenvalue weighted by Gasteiger charge is -2.44. The number of nitrogens with zero attached hydrogens (tertiary/aromatic N) is 1. The summed E-state index contributed by atoms with van der Waals surface area (Å²) in [6, 6.07) is 10.5. The zero-order valence-electron chi connectivity index (χ0n) is 23.9. The Labute approximate surface area is 250 Å². The number of ether oxygens (including phenoxy) is 3. The number of allylic oxidation sites excluding steroid dienone is 4. The molecule has 7 heteroatoms. The van der Waals surface area contributed by atoms with Gasteiger partial charge in [0.25, 0.3) is 0 Å². The van der Waals surface area contributed by atoms with Crippen LogP contribution in [0.2, 0.25) is 0 Å². The molecule has 2 aromatic carbocycles. The molecular formula is C33H38INO5. The third kappa shape index (κ3) is 5.73. The number of hydrogen-bond acceptors (Lipinski definition) is 6. The fourth-order valence-electron chi connectivity index (χ4n) is 6.47. The van der Waals surface area contributed by atoms with Gasteiger partial charge in [0.2, 0.25) is 0 Å². The lowest BCUT2D eigenvalue weighted by Crippen LogP contribution is -2.40. The molecule has 0 spiro atoms. The molecule has 0 radical (unpaired) electrons. The van der Waals surface area contributed by atoms with Crippen molar-refractivity contribution in [2.24, 2.45) is 0 Å². The normalized spacial score (nSPS) is 17.8. The standard InChI is InChI=1S/C33H38INO5/c1-5-39-29-18-23(17-24(34)33(29)40-19-22-15-20(2)14-21(3)16-22)30-31-25(8-6-10-27(31)36)35(12-13-38-4)26-9-7-11-28(37)32(26)30/h14-18,30H,5-13,19H2,1-4H3. The first-order valence-electron chi connectivity index (χ1n) is 14.3. The quantitative estimate of drug-likeness (QED) is 0.273. The first-order valence-corrected chi connectivity index (χ1v) is 15.3. The maximum atomic E-state index is 13.6. The number of hydrogen-bond donors (Lipinski definition) is 0. The number of carbonyl (C=O) groups is 2. The smallest absolute Gasteiger partial charge is 0.174 e. The minimum Gasteiger partial charge on any atom is -0.490 e. The highest BCUT2D eigenvalue weighted by Gasteiger charge is 2.43. The van der Waals surface area contributed by atoms with Crippen molar-refractivity contribution in [3.05, 3.63) is 78.7 Å². The van der Waals surface area contributed by atoms with Crippen molar-refractivity contribution in [1.82, 2.24) is 4.90 Å². The molecule has 1 aliphatic heterocycles. The van der Waals surface area contributed by atoms with Crippen LogP contribution in [0.25, 0.3) is 0 Å². The van der Waals surface area contributed by atoms with Crippen molar-refractivity contribution in [3.63, 3.8) is 0 Å². The van der Waals surface area contributed by atoms with Gasteiger partial charge >= 0.3 is 0 Å². The number of carbonyl (C=O) groups excluding carboxylic acids is 2. The van der Waals surface area contributed by atoms with Gasteiger partial charge in [-0.25, -0.2) is 0 Å². The van der Waals surface area contributed by atoms with Crippen LogP contribution in [-0.4, -0.2) is 43.3 Å². The van der Waals surface area contributed by atoms with Crippen LogP contribution in [0, 0.1) is 17.4 Å². The van der Waals surface area contributed by atoms with E-state index in [4.69, 9.17) is 14.2 Å². The molecule has 0 amide bonds. The third-order valence-electron chi connectivity index (χ3n) is 7.94. The number of Topliss-reactive ketones (excluding diaryl/α,β-unsaturated/α-hetero) is 2. The Morgan fingerprint density at radius 2 is 1.50 bits per heavy atom. The molecule has 0 N–H and O–H groups in total. The molecule has 0 saturated heterocycles. The number of halogens is 1. The van der Waals surface area contributed by atoms with Crippen molar-refractivity contribution in [2.45, 2.75) is 71.8 Å². The molecule has 0 atom stereocenters.